The van der Waals surface area contributed by atoms with Crippen LogP contribution in [0.15, 0.2) is 0 Å². The van der Waals surface area contributed by atoms with Gasteiger partial charge in [0, 0.05) is 18.7 Å². The molecule has 7 heteroatoms. The van der Waals surface area contributed by atoms with Crippen LogP contribution in [0.5, 0.6) is 0 Å². The lowest BCUT2D eigenvalue weighted by Crippen LogP contribution is -2.17. The summed E-state index contributed by atoms with van der Waals surface area (Å²) < 4.78 is 36.3. The summed E-state index contributed by atoms with van der Waals surface area (Å²) in [6.07, 6.45) is -4.10. The largest absolute Gasteiger partial charge is 0.390 e. The van der Waals surface area contributed by atoms with Gasteiger partial charge in [0.25, 0.3) is 0 Å². The first-order valence-corrected chi connectivity index (χ1v) is 6.23. The number of alkyl halides is 3. The molecule has 0 saturated carbocycles. The van der Waals surface area contributed by atoms with Crippen molar-refractivity contribution in [2.24, 2.45) is 0 Å². The van der Waals surface area contributed by atoms with Crippen molar-refractivity contribution in [2.75, 3.05) is 23.7 Å². The van der Waals surface area contributed by atoms with Gasteiger partial charge < -0.3 is 10.6 Å². The van der Waals surface area contributed by atoms with Crippen LogP contribution in [0.2, 0.25) is 0 Å². The third kappa shape index (κ3) is 5.32. The van der Waals surface area contributed by atoms with Gasteiger partial charge >= 0.3 is 6.18 Å². The predicted octanol–water partition coefficient (Wildman–Crippen LogP) is 3.28. The van der Waals surface area contributed by atoms with Crippen LogP contribution in [0.3, 0.4) is 0 Å². The lowest BCUT2D eigenvalue weighted by atomic mass is 10.3. The van der Waals surface area contributed by atoms with Crippen LogP contribution in [0.1, 0.15) is 31.2 Å². The topological polar surface area (TPSA) is 49.8 Å². The zero-order chi connectivity index (χ0) is 14.5. The quantitative estimate of drug-likeness (QED) is 0.837. The van der Waals surface area contributed by atoms with E-state index in [-0.39, 0.29) is 6.54 Å². The predicted molar refractivity (Wildman–Crippen MR) is 69.4 cm³/mol. The van der Waals surface area contributed by atoms with E-state index in [0.29, 0.717) is 17.5 Å². The second-order valence-electron chi connectivity index (χ2n) is 4.31. The standard InChI is InChI=1S/C12H19F3N4/c1-4-6-16-10-8(2)11(19-9(3)18-10)17-7-5-12(13,14)15/h4-7H2,1-3H3,(H2,16,17,18,19). The minimum absolute atomic E-state index is 0.186. The Hall–Kier alpha value is -1.53. The third-order valence-electron chi connectivity index (χ3n) is 2.50. The summed E-state index contributed by atoms with van der Waals surface area (Å²) in [6.45, 7) is 6.10. The summed E-state index contributed by atoms with van der Waals surface area (Å²) in [4.78, 5) is 8.37. The Morgan fingerprint density at radius 2 is 1.53 bits per heavy atom. The van der Waals surface area contributed by atoms with Crippen molar-refractivity contribution < 1.29 is 13.2 Å². The minimum Gasteiger partial charge on any atom is -0.370 e. The Bertz CT molecular complexity index is 418. The van der Waals surface area contributed by atoms with Crippen molar-refractivity contribution in [3.8, 4) is 0 Å². The number of anilines is 2. The molecule has 0 radical (unpaired) electrons. The van der Waals surface area contributed by atoms with E-state index in [1.165, 1.54) is 0 Å². The molecule has 0 aliphatic heterocycles. The molecule has 0 bridgehead atoms. The van der Waals surface area contributed by atoms with Gasteiger partial charge in [-0.15, -0.1) is 0 Å². The second kappa shape index (κ2) is 6.58. The highest BCUT2D eigenvalue weighted by molar-refractivity contribution is 5.57. The molecule has 1 rings (SSSR count). The molecule has 0 unspecified atom stereocenters. The van der Waals surface area contributed by atoms with Gasteiger partial charge in [-0.2, -0.15) is 13.2 Å². The number of hydrogen-bond donors (Lipinski definition) is 2. The molecular weight excluding hydrogens is 257 g/mol. The molecule has 19 heavy (non-hydrogen) atoms. The molecular formula is C12H19F3N4. The molecule has 0 fully saturated rings. The van der Waals surface area contributed by atoms with Gasteiger partial charge in [-0.25, -0.2) is 9.97 Å². The summed E-state index contributed by atoms with van der Waals surface area (Å²) in [6, 6.07) is 0. The van der Waals surface area contributed by atoms with E-state index >= 15 is 0 Å². The number of halogens is 3. The van der Waals surface area contributed by atoms with Crippen molar-refractivity contribution in [1.29, 1.82) is 0 Å². The zero-order valence-corrected chi connectivity index (χ0v) is 11.4. The fourth-order valence-electron chi connectivity index (χ4n) is 1.54. The smallest absolute Gasteiger partial charge is 0.370 e. The molecule has 1 aromatic rings. The van der Waals surface area contributed by atoms with Gasteiger partial charge in [0.2, 0.25) is 0 Å². The van der Waals surface area contributed by atoms with E-state index in [1.807, 2.05) is 6.92 Å². The normalized spacial score (nSPS) is 11.5. The molecule has 1 heterocycles. The van der Waals surface area contributed by atoms with Crippen molar-refractivity contribution in [3.63, 3.8) is 0 Å². The van der Waals surface area contributed by atoms with Crippen LogP contribution in [0.4, 0.5) is 24.8 Å². The SMILES string of the molecule is CCCNc1nc(C)nc(NCCC(F)(F)F)c1C. The summed E-state index contributed by atoms with van der Waals surface area (Å²) in [7, 11) is 0. The van der Waals surface area contributed by atoms with Gasteiger partial charge in [0.15, 0.2) is 0 Å². The second-order valence-corrected chi connectivity index (χ2v) is 4.31. The maximum atomic E-state index is 12.1. The average molecular weight is 276 g/mol. The first kappa shape index (κ1) is 15.5. The van der Waals surface area contributed by atoms with Gasteiger partial charge in [-0.1, -0.05) is 6.92 Å². The first-order chi connectivity index (χ1) is 8.83. The number of hydrogen-bond acceptors (Lipinski definition) is 4. The molecule has 0 aromatic carbocycles. The number of rotatable bonds is 6. The molecule has 0 aliphatic carbocycles. The summed E-state index contributed by atoms with van der Waals surface area (Å²) in [5, 5.41) is 5.85. The van der Waals surface area contributed by atoms with E-state index in [2.05, 4.69) is 20.6 Å². The fourth-order valence-corrected chi connectivity index (χ4v) is 1.54. The number of aromatic nitrogens is 2. The van der Waals surface area contributed by atoms with Crippen molar-refractivity contribution in [2.45, 2.75) is 39.8 Å². The fraction of sp³-hybridized carbons (Fsp3) is 0.667. The molecule has 4 nitrogen and oxygen atoms in total. The maximum Gasteiger partial charge on any atom is 0.390 e. The maximum absolute atomic E-state index is 12.1. The van der Waals surface area contributed by atoms with Crippen molar-refractivity contribution in [1.82, 2.24) is 9.97 Å². The van der Waals surface area contributed by atoms with Crippen LogP contribution in [0, 0.1) is 13.8 Å². The van der Waals surface area contributed by atoms with E-state index in [9.17, 15) is 13.2 Å². The average Bonchev–Trinajstić information content (AvgIpc) is 2.29. The summed E-state index contributed by atoms with van der Waals surface area (Å²) >= 11 is 0. The van der Waals surface area contributed by atoms with Gasteiger partial charge in [0.1, 0.15) is 17.5 Å². The van der Waals surface area contributed by atoms with Gasteiger partial charge in [-0.3, -0.25) is 0 Å². The molecule has 0 saturated heterocycles. The molecule has 108 valence electrons. The molecule has 1 aromatic heterocycles. The Kier molecular flexibility index (Phi) is 5.38. The van der Waals surface area contributed by atoms with Crippen LogP contribution >= 0.6 is 0 Å². The Balaban J connectivity index is 2.74. The van der Waals surface area contributed by atoms with E-state index in [1.54, 1.807) is 13.8 Å². The van der Waals surface area contributed by atoms with Crippen molar-refractivity contribution >= 4 is 11.6 Å². The highest BCUT2D eigenvalue weighted by Crippen LogP contribution is 2.22. The van der Waals surface area contributed by atoms with E-state index in [4.69, 9.17) is 0 Å². The number of aryl methyl sites for hydroxylation is 1. The third-order valence-corrected chi connectivity index (χ3v) is 2.50. The monoisotopic (exact) mass is 276 g/mol. The van der Waals surface area contributed by atoms with Crippen LogP contribution in [-0.4, -0.2) is 29.2 Å². The minimum atomic E-state index is -4.16. The first-order valence-electron chi connectivity index (χ1n) is 6.23. The van der Waals surface area contributed by atoms with Gasteiger partial charge in [0.05, 0.1) is 6.42 Å². The summed E-state index contributed by atoms with van der Waals surface area (Å²) in [5.41, 5.74) is 0.737. The zero-order valence-electron chi connectivity index (χ0n) is 11.4. The molecule has 0 atom stereocenters. The lowest BCUT2D eigenvalue weighted by molar-refractivity contribution is -0.131. The van der Waals surface area contributed by atoms with E-state index < -0.39 is 12.6 Å². The number of nitrogens with one attached hydrogen (secondary N) is 2. The molecule has 0 spiro atoms. The molecule has 0 amide bonds. The van der Waals surface area contributed by atoms with Crippen LogP contribution < -0.4 is 10.6 Å². The lowest BCUT2D eigenvalue weighted by Gasteiger charge is -2.14. The Morgan fingerprint density at radius 3 is 2.00 bits per heavy atom. The van der Waals surface area contributed by atoms with E-state index in [0.717, 1.165) is 18.5 Å². The van der Waals surface area contributed by atoms with Crippen molar-refractivity contribution in [3.05, 3.63) is 11.4 Å². The molecule has 0 aliphatic rings. The van der Waals surface area contributed by atoms with Crippen LogP contribution in [-0.2, 0) is 0 Å². The number of nitrogens with zero attached hydrogens (tertiary/aromatic N) is 2. The highest BCUT2D eigenvalue weighted by atomic mass is 19.4. The summed E-state index contributed by atoms with van der Waals surface area (Å²) in [5.74, 6) is 1.65. The van der Waals surface area contributed by atoms with Crippen LogP contribution in [0.25, 0.3) is 0 Å². The Morgan fingerprint density at radius 1 is 1.00 bits per heavy atom. The Labute approximate surface area is 110 Å². The highest BCUT2D eigenvalue weighted by Gasteiger charge is 2.26. The van der Waals surface area contributed by atoms with Gasteiger partial charge in [-0.05, 0) is 20.3 Å². The molecule has 2 N–H and O–H groups in total.